The lowest BCUT2D eigenvalue weighted by Crippen LogP contribution is -2.33. The summed E-state index contributed by atoms with van der Waals surface area (Å²) in [6, 6.07) is 14.7. The second-order valence-corrected chi connectivity index (χ2v) is 6.34. The van der Waals surface area contributed by atoms with Crippen molar-refractivity contribution in [2.75, 3.05) is 0 Å². The quantitative estimate of drug-likeness (QED) is 0.513. The van der Waals surface area contributed by atoms with Crippen LogP contribution in [0.4, 0.5) is 4.39 Å². The lowest BCUT2D eigenvalue weighted by molar-refractivity contribution is -0.688. The fraction of sp³-hybridized carbons (Fsp3) is 0.143. The average Bonchev–Trinajstić information content (AvgIpc) is 3.00. The second kappa shape index (κ2) is 6.13. The number of pyridine rings is 1. The first kappa shape index (κ1) is 15.5. The molecule has 2 heterocycles. The van der Waals surface area contributed by atoms with Gasteiger partial charge in [0.05, 0.1) is 0 Å². The monoisotopic (exact) mass is 333 g/mol. The molecule has 0 unspecified atom stereocenters. The van der Waals surface area contributed by atoms with Gasteiger partial charge in [0.1, 0.15) is 11.3 Å². The van der Waals surface area contributed by atoms with Crippen molar-refractivity contribution in [2.45, 2.75) is 20.4 Å². The first-order valence-corrected chi connectivity index (χ1v) is 8.20. The Morgan fingerprint density at radius 1 is 1.04 bits per heavy atom. The summed E-state index contributed by atoms with van der Waals surface area (Å²) in [4.78, 5) is 4.60. The Labute approximate surface area is 145 Å². The van der Waals surface area contributed by atoms with Gasteiger partial charge in [-0.2, -0.15) is 0 Å². The van der Waals surface area contributed by atoms with Crippen LogP contribution in [0.2, 0.25) is 0 Å². The first-order valence-electron chi connectivity index (χ1n) is 8.20. The summed E-state index contributed by atoms with van der Waals surface area (Å²) in [5.74, 6) is 0.397. The van der Waals surface area contributed by atoms with E-state index in [4.69, 9.17) is 4.42 Å². The van der Waals surface area contributed by atoms with Gasteiger partial charge in [0.25, 0.3) is 0 Å². The normalized spacial score (nSPS) is 11.2. The minimum Gasteiger partial charge on any atom is -0.436 e. The molecule has 0 aliphatic heterocycles. The van der Waals surface area contributed by atoms with Crippen molar-refractivity contribution in [3.05, 3.63) is 83.4 Å². The van der Waals surface area contributed by atoms with Crippen molar-refractivity contribution < 1.29 is 13.4 Å². The molecule has 3 nitrogen and oxygen atoms in total. The molecule has 4 rings (SSSR count). The number of oxazole rings is 1. The van der Waals surface area contributed by atoms with Crippen LogP contribution in [0.15, 0.2) is 65.3 Å². The summed E-state index contributed by atoms with van der Waals surface area (Å²) >= 11 is 0. The van der Waals surface area contributed by atoms with E-state index in [1.165, 1.54) is 11.6 Å². The van der Waals surface area contributed by atoms with Gasteiger partial charge in [0.2, 0.25) is 5.89 Å². The molecule has 4 aromatic rings. The third kappa shape index (κ3) is 3.15. The predicted octanol–water partition coefficient (Wildman–Crippen LogP) is 4.59. The van der Waals surface area contributed by atoms with Crippen LogP contribution in [-0.4, -0.2) is 4.98 Å². The van der Waals surface area contributed by atoms with E-state index < -0.39 is 0 Å². The van der Waals surface area contributed by atoms with E-state index in [1.54, 1.807) is 12.1 Å². The number of fused-ring (bicyclic) bond motifs is 1. The number of hydrogen-bond acceptors (Lipinski definition) is 2. The molecule has 0 bridgehead atoms. The van der Waals surface area contributed by atoms with Crippen LogP contribution in [0, 0.1) is 19.7 Å². The Morgan fingerprint density at radius 3 is 2.60 bits per heavy atom. The number of aryl methyl sites for hydroxylation is 2. The zero-order valence-corrected chi connectivity index (χ0v) is 14.2. The van der Waals surface area contributed by atoms with E-state index >= 15 is 0 Å². The van der Waals surface area contributed by atoms with Gasteiger partial charge in [-0.05, 0) is 43.2 Å². The van der Waals surface area contributed by atoms with E-state index in [1.807, 2.05) is 48.1 Å². The van der Waals surface area contributed by atoms with Gasteiger partial charge in [-0.3, -0.25) is 0 Å². The molecule has 0 saturated heterocycles. The summed E-state index contributed by atoms with van der Waals surface area (Å²) < 4.78 is 21.2. The fourth-order valence-electron chi connectivity index (χ4n) is 3.05. The molecule has 2 aromatic heterocycles. The highest BCUT2D eigenvalue weighted by molar-refractivity contribution is 5.79. The molecule has 0 N–H and O–H groups in total. The Balaban J connectivity index is 1.63. The van der Waals surface area contributed by atoms with Gasteiger partial charge in [0.15, 0.2) is 24.5 Å². The molecule has 0 fully saturated rings. The number of benzene rings is 2. The highest BCUT2D eigenvalue weighted by Crippen LogP contribution is 2.26. The van der Waals surface area contributed by atoms with E-state index in [2.05, 4.69) is 18.0 Å². The molecule has 0 aliphatic rings. The Bertz CT molecular complexity index is 1050. The third-order valence-electron chi connectivity index (χ3n) is 4.21. The third-order valence-corrected chi connectivity index (χ3v) is 4.21. The van der Waals surface area contributed by atoms with Crippen LogP contribution >= 0.6 is 0 Å². The molecule has 124 valence electrons. The summed E-state index contributed by atoms with van der Waals surface area (Å²) in [7, 11) is 0. The van der Waals surface area contributed by atoms with Crippen molar-refractivity contribution in [3.8, 4) is 11.5 Å². The van der Waals surface area contributed by atoms with Crippen LogP contribution in [0.5, 0.6) is 0 Å². The molecular weight excluding hydrogens is 315 g/mol. The highest BCUT2D eigenvalue weighted by Gasteiger charge is 2.12. The molecule has 0 atom stereocenters. The molecule has 0 saturated carbocycles. The Morgan fingerprint density at radius 2 is 1.84 bits per heavy atom. The van der Waals surface area contributed by atoms with Crippen molar-refractivity contribution in [1.29, 1.82) is 0 Å². The van der Waals surface area contributed by atoms with Gasteiger partial charge in [0, 0.05) is 23.3 Å². The summed E-state index contributed by atoms with van der Waals surface area (Å²) in [5, 5.41) is 0. The van der Waals surface area contributed by atoms with Gasteiger partial charge >= 0.3 is 0 Å². The SMILES string of the molecule is Cc1cc(C)c2oc(-c3cc[n+](Cc4cccc(F)c4)cc3)nc2c1. The molecule has 4 heteroatoms. The average molecular weight is 333 g/mol. The lowest BCUT2D eigenvalue weighted by atomic mass is 10.1. The van der Waals surface area contributed by atoms with Crippen molar-refractivity contribution in [1.82, 2.24) is 4.98 Å². The van der Waals surface area contributed by atoms with E-state index in [-0.39, 0.29) is 5.82 Å². The van der Waals surface area contributed by atoms with E-state index in [9.17, 15) is 4.39 Å². The van der Waals surface area contributed by atoms with Crippen molar-refractivity contribution >= 4 is 11.1 Å². The van der Waals surface area contributed by atoms with Crippen LogP contribution in [-0.2, 0) is 6.54 Å². The first-order chi connectivity index (χ1) is 12.1. The fourth-order valence-corrected chi connectivity index (χ4v) is 3.05. The summed E-state index contributed by atoms with van der Waals surface area (Å²) in [6.07, 6.45) is 3.90. The molecule has 25 heavy (non-hydrogen) atoms. The maximum atomic E-state index is 13.3. The number of halogens is 1. The van der Waals surface area contributed by atoms with Crippen LogP contribution < -0.4 is 4.57 Å². The lowest BCUT2D eigenvalue weighted by Gasteiger charge is -1.99. The molecular formula is C21H18FN2O+. The standard InChI is InChI=1S/C21H18FN2O/c1-14-10-15(2)20-19(11-14)23-21(25-20)17-6-8-24(9-7-17)13-16-4-3-5-18(22)12-16/h3-12H,13H2,1-2H3/q+1. The van der Waals surface area contributed by atoms with Gasteiger partial charge < -0.3 is 4.42 Å². The maximum absolute atomic E-state index is 13.3. The van der Waals surface area contributed by atoms with Crippen molar-refractivity contribution in [2.24, 2.45) is 0 Å². The minimum atomic E-state index is -0.216. The Hall–Kier alpha value is -3.01. The molecule has 0 amide bonds. The number of hydrogen-bond donors (Lipinski definition) is 0. The van der Waals surface area contributed by atoms with Crippen molar-refractivity contribution in [3.63, 3.8) is 0 Å². The molecule has 0 radical (unpaired) electrons. The number of rotatable bonds is 3. The predicted molar refractivity (Wildman–Crippen MR) is 94.6 cm³/mol. The topological polar surface area (TPSA) is 29.9 Å². The van der Waals surface area contributed by atoms with E-state index in [0.29, 0.717) is 12.4 Å². The molecule has 0 spiro atoms. The number of aromatic nitrogens is 2. The second-order valence-electron chi connectivity index (χ2n) is 6.34. The van der Waals surface area contributed by atoms with Gasteiger partial charge in [-0.15, -0.1) is 0 Å². The molecule has 2 aromatic carbocycles. The van der Waals surface area contributed by atoms with Crippen LogP contribution in [0.1, 0.15) is 16.7 Å². The highest BCUT2D eigenvalue weighted by atomic mass is 19.1. The van der Waals surface area contributed by atoms with Gasteiger partial charge in [-0.25, -0.2) is 13.9 Å². The zero-order valence-electron chi connectivity index (χ0n) is 14.2. The van der Waals surface area contributed by atoms with Crippen LogP contribution in [0.25, 0.3) is 22.6 Å². The van der Waals surface area contributed by atoms with Crippen LogP contribution in [0.3, 0.4) is 0 Å². The van der Waals surface area contributed by atoms with Gasteiger partial charge in [-0.1, -0.05) is 18.2 Å². The smallest absolute Gasteiger partial charge is 0.227 e. The largest absolute Gasteiger partial charge is 0.436 e. The minimum absolute atomic E-state index is 0.216. The summed E-state index contributed by atoms with van der Waals surface area (Å²) in [5.41, 5.74) is 5.81. The number of nitrogens with zero attached hydrogens (tertiary/aromatic N) is 2. The zero-order chi connectivity index (χ0) is 17.4. The summed E-state index contributed by atoms with van der Waals surface area (Å²) in [6.45, 7) is 4.70. The maximum Gasteiger partial charge on any atom is 0.227 e. The van der Waals surface area contributed by atoms with E-state index in [0.717, 1.165) is 27.8 Å². The molecule has 0 aliphatic carbocycles. The Kier molecular flexibility index (Phi) is 3.80.